The molecule has 0 radical (unpaired) electrons. The first kappa shape index (κ1) is 27.8. The molecule has 0 spiro atoms. The summed E-state index contributed by atoms with van der Waals surface area (Å²) in [6, 6.07) is 15.9. The lowest BCUT2D eigenvalue weighted by molar-refractivity contribution is 0.0374. The lowest BCUT2D eigenvalue weighted by Crippen LogP contribution is -2.39. The summed E-state index contributed by atoms with van der Waals surface area (Å²) >= 11 is 0. The molecule has 1 amide bonds. The minimum atomic E-state index is -0.360. The number of nitrogens with one attached hydrogen (secondary N) is 2. The van der Waals surface area contributed by atoms with Gasteiger partial charge in [-0.1, -0.05) is 24.3 Å². The molecule has 3 aliphatic heterocycles. The molecular weight excluding hydrogens is 546 g/mol. The minimum Gasteiger partial charge on any atom is -0.451 e. The summed E-state index contributed by atoms with van der Waals surface area (Å²) in [7, 11) is 0. The van der Waals surface area contributed by atoms with E-state index in [9.17, 15) is 9.59 Å². The van der Waals surface area contributed by atoms with E-state index in [0.29, 0.717) is 28.9 Å². The van der Waals surface area contributed by atoms with Gasteiger partial charge in [0, 0.05) is 52.0 Å². The van der Waals surface area contributed by atoms with E-state index in [1.807, 2.05) is 28.8 Å². The van der Waals surface area contributed by atoms with Crippen LogP contribution in [-0.2, 0) is 9.47 Å². The maximum Gasteiger partial charge on any atom is 0.256 e. The Kier molecular flexibility index (Phi) is 7.99. The topological polar surface area (TPSA) is 97.3 Å². The molecule has 4 aromatic rings. The van der Waals surface area contributed by atoms with Crippen molar-refractivity contribution in [1.29, 1.82) is 0 Å². The van der Waals surface area contributed by atoms with E-state index in [1.165, 1.54) is 0 Å². The van der Waals surface area contributed by atoms with Crippen molar-refractivity contribution < 1.29 is 19.0 Å². The third-order valence-electron chi connectivity index (χ3n) is 8.55. The molecular formula is C33H37N5O5. The van der Waals surface area contributed by atoms with Crippen LogP contribution < -0.4 is 20.8 Å². The molecule has 7 rings (SSSR count). The lowest BCUT2D eigenvalue weighted by atomic mass is 10.0. The Bertz CT molecular complexity index is 1710. The van der Waals surface area contributed by atoms with E-state index in [0.717, 1.165) is 101 Å². The summed E-state index contributed by atoms with van der Waals surface area (Å²) < 4.78 is 19.4. The molecule has 2 N–H and O–H groups in total. The van der Waals surface area contributed by atoms with Crippen LogP contribution in [0.2, 0.25) is 0 Å². The van der Waals surface area contributed by atoms with Crippen LogP contribution in [-0.4, -0.2) is 99.1 Å². The summed E-state index contributed by atoms with van der Waals surface area (Å²) in [6.07, 6.45) is 2.49. The Hall–Kier alpha value is -3.96. The zero-order valence-electron chi connectivity index (χ0n) is 24.3. The summed E-state index contributed by atoms with van der Waals surface area (Å²) in [5.41, 5.74) is 2.09. The van der Waals surface area contributed by atoms with E-state index in [1.54, 1.807) is 12.3 Å². The third kappa shape index (κ3) is 5.71. The van der Waals surface area contributed by atoms with Gasteiger partial charge in [0.05, 0.1) is 43.2 Å². The number of morpholine rings is 2. The first-order valence-electron chi connectivity index (χ1n) is 15.2. The van der Waals surface area contributed by atoms with Crippen LogP contribution in [0.3, 0.4) is 0 Å². The fourth-order valence-corrected chi connectivity index (χ4v) is 6.17. The molecule has 0 atom stereocenters. The molecule has 3 aliphatic rings. The maximum atomic E-state index is 13.8. The number of rotatable bonds is 9. The van der Waals surface area contributed by atoms with Gasteiger partial charge in [0.1, 0.15) is 11.1 Å². The van der Waals surface area contributed by atoms with Crippen molar-refractivity contribution in [1.82, 2.24) is 19.7 Å². The molecule has 1 aromatic heterocycles. The van der Waals surface area contributed by atoms with Gasteiger partial charge in [0.25, 0.3) is 5.91 Å². The number of pyridine rings is 1. The zero-order chi connectivity index (χ0) is 29.2. The number of carbonyl (C=O) groups is 1. The number of hydrogen-bond donors (Lipinski definition) is 2. The second-order valence-corrected chi connectivity index (χ2v) is 11.3. The Morgan fingerprint density at radius 1 is 0.837 bits per heavy atom. The molecule has 10 heteroatoms. The summed E-state index contributed by atoms with van der Waals surface area (Å²) in [5, 5.41) is 9.08. The van der Waals surface area contributed by atoms with Crippen molar-refractivity contribution in [3.63, 3.8) is 0 Å². The normalized spacial score (nSPS) is 17.0. The van der Waals surface area contributed by atoms with E-state index < -0.39 is 0 Å². The van der Waals surface area contributed by atoms with Crippen molar-refractivity contribution in [3.8, 4) is 17.2 Å². The van der Waals surface area contributed by atoms with Crippen LogP contribution in [0.5, 0.6) is 11.5 Å². The summed E-state index contributed by atoms with van der Waals surface area (Å²) in [5.74, 6) is 0.910. The number of benzene rings is 3. The summed E-state index contributed by atoms with van der Waals surface area (Å²) in [4.78, 5) is 31.9. The van der Waals surface area contributed by atoms with Crippen molar-refractivity contribution >= 4 is 33.3 Å². The molecule has 0 unspecified atom stereocenters. The van der Waals surface area contributed by atoms with Crippen LogP contribution in [0.1, 0.15) is 16.8 Å². The van der Waals surface area contributed by atoms with Crippen LogP contribution in [0.4, 0.5) is 5.69 Å². The van der Waals surface area contributed by atoms with Crippen LogP contribution >= 0.6 is 0 Å². The first-order chi connectivity index (χ1) is 21.2. The largest absolute Gasteiger partial charge is 0.451 e. The Morgan fingerprint density at radius 2 is 1.53 bits per heavy atom. The second-order valence-electron chi connectivity index (χ2n) is 11.3. The van der Waals surface area contributed by atoms with Gasteiger partial charge in [-0.2, -0.15) is 0 Å². The average molecular weight is 584 g/mol. The molecule has 2 saturated heterocycles. The maximum absolute atomic E-state index is 13.8. The molecule has 2 fully saturated rings. The average Bonchev–Trinajstić information content (AvgIpc) is 3.05. The zero-order valence-corrected chi connectivity index (χ0v) is 24.3. The van der Waals surface area contributed by atoms with E-state index in [4.69, 9.17) is 14.2 Å². The van der Waals surface area contributed by atoms with Crippen molar-refractivity contribution in [2.45, 2.75) is 6.42 Å². The summed E-state index contributed by atoms with van der Waals surface area (Å²) in [6.45, 7) is 9.63. The van der Waals surface area contributed by atoms with Crippen LogP contribution in [0.15, 0.2) is 59.5 Å². The highest BCUT2D eigenvalue weighted by molar-refractivity contribution is 6.01. The van der Waals surface area contributed by atoms with Gasteiger partial charge in [-0.3, -0.25) is 19.4 Å². The highest BCUT2D eigenvalue weighted by Gasteiger charge is 2.27. The third-order valence-corrected chi connectivity index (χ3v) is 8.55. The van der Waals surface area contributed by atoms with Gasteiger partial charge in [-0.25, -0.2) is 0 Å². The van der Waals surface area contributed by atoms with E-state index in [-0.39, 0.29) is 16.9 Å². The number of carbonyl (C=O) groups excluding carboxylic acids is 1. The molecule has 0 saturated carbocycles. The predicted molar refractivity (Wildman–Crippen MR) is 167 cm³/mol. The smallest absolute Gasteiger partial charge is 0.256 e. The number of ether oxygens (including phenoxy) is 3. The van der Waals surface area contributed by atoms with Crippen LogP contribution in [0, 0.1) is 0 Å². The minimum absolute atomic E-state index is 0.124. The fourth-order valence-electron chi connectivity index (χ4n) is 6.17. The van der Waals surface area contributed by atoms with E-state index >= 15 is 0 Å². The van der Waals surface area contributed by atoms with Gasteiger partial charge in [0.2, 0.25) is 5.43 Å². The number of hydrogen-bond acceptors (Lipinski definition) is 8. The van der Waals surface area contributed by atoms with Gasteiger partial charge in [-0.15, -0.1) is 0 Å². The number of amides is 1. The quantitative estimate of drug-likeness (QED) is 0.255. The van der Waals surface area contributed by atoms with Crippen molar-refractivity contribution in [3.05, 3.63) is 70.5 Å². The van der Waals surface area contributed by atoms with Gasteiger partial charge in [-0.05, 0) is 48.0 Å². The SMILES string of the molecule is O=C(NCCCN1CCOCC1)c1cn2c3c(c(NCCN4CCOCC4)ccc3c1=O)Oc1cc3ccccc3cc1-2. The monoisotopic (exact) mass is 583 g/mol. The highest BCUT2D eigenvalue weighted by atomic mass is 16.5. The Balaban J connectivity index is 1.21. The van der Waals surface area contributed by atoms with Crippen molar-refractivity contribution in [2.24, 2.45) is 0 Å². The molecule has 10 nitrogen and oxygen atoms in total. The Labute approximate surface area is 250 Å². The highest BCUT2D eigenvalue weighted by Crippen LogP contribution is 2.45. The van der Waals surface area contributed by atoms with E-state index in [2.05, 4.69) is 38.6 Å². The second kappa shape index (κ2) is 12.3. The fraction of sp³-hybridized carbons (Fsp3) is 0.394. The molecule has 3 aromatic carbocycles. The van der Waals surface area contributed by atoms with Gasteiger partial charge in [0.15, 0.2) is 11.5 Å². The van der Waals surface area contributed by atoms with Gasteiger partial charge >= 0.3 is 0 Å². The number of aromatic nitrogens is 1. The standard InChI is InChI=1S/C33H37N5O5/c39-31-25-6-7-27(34-9-11-37-14-18-42-19-15-37)32-30(25)38(28-20-23-4-1-2-5-24(23)21-29(28)43-32)22-26(31)33(40)35-8-3-10-36-12-16-41-17-13-36/h1-2,4-7,20-22,34H,3,8-19H2,(H,35,40). The molecule has 43 heavy (non-hydrogen) atoms. The molecule has 224 valence electrons. The van der Waals surface area contributed by atoms with Crippen LogP contribution in [0.25, 0.3) is 27.4 Å². The lowest BCUT2D eigenvalue weighted by Gasteiger charge is -2.28. The molecule has 0 aliphatic carbocycles. The molecule has 4 heterocycles. The predicted octanol–water partition coefficient (Wildman–Crippen LogP) is 3.45. The molecule has 0 bridgehead atoms. The van der Waals surface area contributed by atoms with Gasteiger partial charge < -0.3 is 29.4 Å². The number of fused-ring (bicyclic) bond motifs is 3. The number of anilines is 1. The Morgan fingerprint density at radius 3 is 2.28 bits per heavy atom. The number of nitrogens with zero attached hydrogens (tertiary/aromatic N) is 3. The first-order valence-corrected chi connectivity index (χ1v) is 15.2. The van der Waals surface area contributed by atoms with Crippen molar-refractivity contribution in [2.75, 3.05) is 84.1 Å².